The number of thiol groups is 1. The van der Waals surface area contributed by atoms with Gasteiger partial charge in [0.15, 0.2) is 10.7 Å². The van der Waals surface area contributed by atoms with E-state index in [9.17, 15) is 13.2 Å². The van der Waals surface area contributed by atoms with Gasteiger partial charge in [-0.15, -0.1) is 0 Å². The summed E-state index contributed by atoms with van der Waals surface area (Å²) < 4.78 is 30.8. The topological polar surface area (TPSA) is 69.7 Å². The van der Waals surface area contributed by atoms with E-state index in [2.05, 4.69) is 4.74 Å². The molecular formula is C9H10O5S. The smallest absolute Gasteiger partial charge is 0.341 e. The standard InChI is InChI=1S/C9H10O5S/c1-13-8-4-3-6(15(11)12)5-7(8)9(10)14-2/h3-5,15H,1-2H3. The van der Waals surface area contributed by atoms with Crippen molar-refractivity contribution in [1.82, 2.24) is 0 Å². The third-order valence-corrected chi connectivity index (χ3v) is 2.50. The number of carbonyl (C=O) groups is 1. The molecule has 1 aromatic rings. The predicted octanol–water partition coefficient (Wildman–Crippen LogP) is 0.452. The molecule has 0 saturated carbocycles. The maximum atomic E-state index is 11.3. The number of esters is 1. The van der Waals surface area contributed by atoms with Crippen molar-refractivity contribution >= 4 is 16.7 Å². The summed E-state index contributed by atoms with van der Waals surface area (Å²) >= 11 is 0. The molecule has 0 aliphatic heterocycles. The van der Waals surface area contributed by atoms with Crippen LogP contribution >= 0.6 is 0 Å². The van der Waals surface area contributed by atoms with Gasteiger partial charge in [0.2, 0.25) is 0 Å². The van der Waals surface area contributed by atoms with Gasteiger partial charge in [0, 0.05) is 0 Å². The van der Waals surface area contributed by atoms with E-state index in [1.807, 2.05) is 0 Å². The molecule has 0 fully saturated rings. The molecule has 0 bridgehead atoms. The summed E-state index contributed by atoms with van der Waals surface area (Å²) in [6, 6.07) is 3.99. The van der Waals surface area contributed by atoms with Crippen molar-refractivity contribution in [2.24, 2.45) is 0 Å². The Kier molecular flexibility index (Phi) is 3.68. The fourth-order valence-corrected chi connectivity index (χ4v) is 1.51. The van der Waals surface area contributed by atoms with Crippen LogP contribution in [0.2, 0.25) is 0 Å². The first-order valence-electron chi connectivity index (χ1n) is 4.01. The van der Waals surface area contributed by atoms with E-state index in [-0.39, 0.29) is 16.2 Å². The highest BCUT2D eigenvalue weighted by molar-refractivity contribution is 7.72. The lowest BCUT2D eigenvalue weighted by atomic mass is 10.2. The Balaban J connectivity index is 3.31. The Morgan fingerprint density at radius 2 is 1.93 bits per heavy atom. The van der Waals surface area contributed by atoms with Gasteiger partial charge in [-0.3, -0.25) is 0 Å². The minimum Gasteiger partial charge on any atom is -0.496 e. The van der Waals surface area contributed by atoms with Gasteiger partial charge in [0.05, 0.1) is 19.1 Å². The molecule has 15 heavy (non-hydrogen) atoms. The van der Waals surface area contributed by atoms with E-state index in [1.165, 1.54) is 32.4 Å². The van der Waals surface area contributed by atoms with Crippen molar-refractivity contribution in [2.75, 3.05) is 14.2 Å². The molecule has 5 nitrogen and oxygen atoms in total. The lowest BCUT2D eigenvalue weighted by Gasteiger charge is -2.06. The van der Waals surface area contributed by atoms with Crippen molar-refractivity contribution < 1.29 is 22.7 Å². The number of benzene rings is 1. The number of hydrogen-bond donors (Lipinski definition) is 1. The van der Waals surface area contributed by atoms with Crippen LogP contribution in [0.15, 0.2) is 23.1 Å². The molecule has 0 unspecified atom stereocenters. The van der Waals surface area contributed by atoms with Gasteiger partial charge in [-0.25, -0.2) is 13.2 Å². The van der Waals surface area contributed by atoms with Crippen LogP contribution in [0.25, 0.3) is 0 Å². The van der Waals surface area contributed by atoms with Crippen LogP contribution in [-0.2, 0) is 15.4 Å². The van der Waals surface area contributed by atoms with Gasteiger partial charge >= 0.3 is 5.97 Å². The fraction of sp³-hybridized carbons (Fsp3) is 0.222. The molecule has 6 heteroatoms. The summed E-state index contributed by atoms with van der Waals surface area (Å²) in [4.78, 5) is 11.3. The maximum absolute atomic E-state index is 11.3. The highest BCUT2D eigenvalue weighted by Gasteiger charge is 2.13. The molecule has 0 aliphatic carbocycles. The summed E-state index contributed by atoms with van der Waals surface area (Å²) in [5.74, 6) is -0.354. The van der Waals surface area contributed by atoms with Crippen LogP contribution < -0.4 is 4.74 Å². The van der Waals surface area contributed by atoms with Gasteiger partial charge in [0.1, 0.15) is 11.3 Å². The average Bonchev–Trinajstić information content (AvgIpc) is 2.27. The van der Waals surface area contributed by atoms with Crippen molar-refractivity contribution in [3.63, 3.8) is 0 Å². The second kappa shape index (κ2) is 4.79. The molecular weight excluding hydrogens is 220 g/mol. The summed E-state index contributed by atoms with van der Waals surface area (Å²) in [5, 5.41) is 0. The summed E-state index contributed by atoms with van der Waals surface area (Å²) in [7, 11) is -0.121. The lowest BCUT2D eigenvalue weighted by Crippen LogP contribution is -2.04. The monoisotopic (exact) mass is 230 g/mol. The first-order valence-corrected chi connectivity index (χ1v) is 5.18. The van der Waals surface area contributed by atoms with Crippen molar-refractivity contribution in [3.05, 3.63) is 23.8 Å². The molecule has 0 atom stereocenters. The molecule has 0 aliphatic rings. The summed E-state index contributed by atoms with van der Waals surface area (Å²) in [5.41, 5.74) is 0.0942. The van der Waals surface area contributed by atoms with Crippen molar-refractivity contribution in [1.29, 1.82) is 0 Å². The van der Waals surface area contributed by atoms with Gasteiger partial charge in [0.25, 0.3) is 0 Å². The Morgan fingerprint density at radius 1 is 1.27 bits per heavy atom. The van der Waals surface area contributed by atoms with E-state index in [4.69, 9.17) is 4.74 Å². The summed E-state index contributed by atoms with van der Waals surface area (Å²) in [6.07, 6.45) is 0. The number of carbonyl (C=O) groups excluding carboxylic acids is 1. The Morgan fingerprint density at radius 3 is 2.40 bits per heavy atom. The largest absolute Gasteiger partial charge is 0.496 e. The SMILES string of the molecule is COC(=O)c1cc([SH](=O)=O)ccc1OC. The minimum atomic E-state index is -2.72. The Hall–Kier alpha value is -1.56. The van der Waals surface area contributed by atoms with Crippen LogP contribution in [0, 0.1) is 0 Å². The number of rotatable bonds is 3. The minimum absolute atomic E-state index is 0.0474. The molecule has 0 radical (unpaired) electrons. The second-order valence-electron chi connectivity index (χ2n) is 2.63. The van der Waals surface area contributed by atoms with E-state index in [0.29, 0.717) is 0 Å². The van der Waals surface area contributed by atoms with Gasteiger partial charge in [-0.05, 0) is 18.2 Å². The van der Waals surface area contributed by atoms with Crippen LogP contribution in [0.4, 0.5) is 0 Å². The zero-order valence-corrected chi connectivity index (χ0v) is 9.11. The molecule has 82 valence electrons. The maximum Gasteiger partial charge on any atom is 0.341 e. The van der Waals surface area contributed by atoms with Crippen LogP contribution in [-0.4, -0.2) is 28.6 Å². The highest BCUT2D eigenvalue weighted by atomic mass is 32.2. The summed E-state index contributed by atoms with van der Waals surface area (Å²) in [6.45, 7) is 0. The van der Waals surface area contributed by atoms with E-state index >= 15 is 0 Å². The number of hydrogen-bond acceptors (Lipinski definition) is 5. The molecule has 0 saturated heterocycles. The normalized spacial score (nSPS) is 10.1. The first kappa shape index (κ1) is 11.5. The van der Waals surface area contributed by atoms with Crippen LogP contribution in [0.1, 0.15) is 10.4 Å². The molecule has 0 spiro atoms. The fourth-order valence-electron chi connectivity index (χ4n) is 1.08. The molecule has 0 amide bonds. The molecule has 0 N–H and O–H groups in total. The van der Waals surface area contributed by atoms with Crippen LogP contribution in [0.5, 0.6) is 5.75 Å². The van der Waals surface area contributed by atoms with E-state index in [1.54, 1.807) is 0 Å². The molecule has 0 heterocycles. The molecule has 1 rings (SSSR count). The second-order valence-corrected chi connectivity index (χ2v) is 3.66. The zero-order chi connectivity index (χ0) is 11.4. The number of ether oxygens (including phenoxy) is 2. The number of methoxy groups -OCH3 is 2. The van der Waals surface area contributed by atoms with Gasteiger partial charge in [-0.2, -0.15) is 0 Å². The van der Waals surface area contributed by atoms with Crippen LogP contribution in [0.3, 0.4) is 0 Å². The zero-order valence-electron chi connectivity index (χ0n) is 8.22. The average molecular weight is 230 g/mol. The quantitative estimate of drug-likeness (QED) is 0.603. The van der Waals surface area contributed by atoms with Gasteiger partial charge in [-0.1, -0.05) is 0 Å². The molecule has 1 aromatic carbocycles. The molecule has 0 aromatic heterocycles. The Labute approximate surface area is 88.6 Å². The van der Waals surface area contributed by atoms with E-state index < -0.39 is 16.7 Å². The highest BCUT2D eigenvalue weighted by Crippen LogP contribution is 2.21. The third kappa shape index (κ3) is 2.47. The lowest BCUT2D eigenvalue weighted by molar-refractivity contribution is 0.0597. The first-order chi connectivity index (χ1) is 7.10. The van der Waals surface area contributed by atoms with E-state index in [0.717, 1.165) is 0 Å². The van der Waals surface area contributed by atoms with Gasteiger partial charge < -0.3 is 9.47 Å². The van der Waals surface area contributed by atoms with Crippen molar-refractivity contribution in [2.45, 2.75) is 4.90 Å². The third-order valence-electron chi connectivity index (χ3n) is 1.80. The van der Waals surface area contributed by atoms with Crippen molar-refractivity contribution in [3.8, 4) is 5.75 Å². The Bertz CT molecular complexity index is 442. The predicted molar refractivity (Wildman–Crippen MR) is 52.9 cm³/mol.